The number of halogens is 2. The molecule has 0 saturated heterocycles. The van der Waals surface area contributed by atoms with Crippen LogP contribution in [0.5, 0.6) is 0 Å². The minimum atomic E-state index is -0.654. The van der Waals surface area contributed by atoms with Crippen LogP contribution in [0.2, 0.25) is 5.02 Å². The average molecular weight is 394 g/mol. The first-order chi connectivity index (χ1) is 13.5. The zero-order valence-corrected chi connectivity index (χ0v) is 15.8. The fourth-order valence-electron chi connectivity index (χ4n) is 3.32. The maximum atomic E-state index is 13.8. The summed E-state index contributed by atoms with van der Waals surface area (Å²) in [5.74, 6) is -1.15. The predicted molar refractivity (Wildman–Crippen MR) is 109 cm³/mol. The number of amides is 1. The first-order valence-corrected chi connectivity index (χ1v) is 9.16. The summed E-state index contributed by atoms with van der Waals surface area (Å²) < 4.78 is 13.8. The van der Waals surface area contributed by atoms with E-state index >= 15 is 0 Å². The Kier molecular flexibility index (Phi) is 4.84. The highest BCUT2D eigenvalue weighted by molar-refractivity contribution is 6.31. The SMILES string of the molecule is Cc1c(-c2ccccc2)[nH]c2c(CNC(=O)c3ccncc3F)cc(Cl)cc12. The Bertz CT molecular complexity index is 1170. The number of carbonyl (C=O) groups is 1. The molecule has 2 aromatic carbocycles. The molecule has 0 spiro atoms. The second kappa shape index (κ2) is 7.44. The number of benzene rings is 2. The van der Waals surface area contributed by atoms with Crippen molar-refractivity contribution in [3.63, 3.8) is 0 Å². The van der Waals surface area contributed by atoms with Crippen molar-refractivity contribution in [2.45, 2.75) is 13.5 Å². The Hall–Kier alpha value is -3.18. The molecule has 2 aromatic heterocycles. The van der Waals surface area contributed by atoms with Crippen LogP contribution in [0.4, 0.5) is 4.39 Å². The molecular weight excluding hydrogens is 377 g/mol. The van der Waals surface area contributed by atoms with Gasteiger partial charge in [0.1, 0.15) is 0 Å². The molecule has 4 rings (SSSR count). The summed E-state index contributed by atoms with van der Waals surface area (Å²) in [6.45, 7) is 2.25. The highest BCUT2D eigenvalue weighted by Gasteiger charge is 2.15. The fraction of sp³-hybridized carbons (Fsp3) is 0.0909. The summed E-state index contributed by atoms with van der Waals surface area (Å²) in [5.41, 5.74) is 4.84. The smallest absolute Gasteiger partial charge is 0.254 e. The lowest BCUT2D eigenvalue weighted by Gasteiger charge is -2.08. The van der Waals surface area contributed by atoms with E-state index in [-0.39, 0.29) is 12.1 Å². The Labute approximate surface area is 166 Å². The number of nitrogens with zero attached hydrogens (tertiary/aromatic N) is 1. The lowest BCUT2D eigenvalue weighted by Crippen LogP contribution is -2.24. The highest BCUT2D eigenvalue weighted by Crippen LogP contribution is 2.33. The summed E-state index contributed by atoms with van der Waals surface area (Å²) in [7, 11) is 0. The fourth-order valence-corrected chi connectivity index (χ4v) is 3.56. The van der Waals surface area contributed by atoms with Crippen LogP contribution in [0, 0.1) is 12.7 Å². The topological polar surface area (TPSA) is 57.8 Å². The first-order valence-electron chi connectivity index (χ1n) is 8.78. The summed E-state index contributed by atoms with van der Waals surface area (Å²) in [6, 6.07) is 15.1. The van der Waals surface area contributed by atoms with Gasteiger partial charge in [-0.15, -0.1) is 0 Å². The molecule has 0 aliphatic rings. The second-order valence-corrected chi connectivity index (χ2v) is 6.95. The molecule has 6 heteroatoms. The maximum absolute atomic E-state index is 13.8. The molecule has 140 valence electrons. The Morgan fingerprint density at radius 3 is 2.75 bits per heavy atom. The number of hydrogen-bond donors (Lipinski definition) is 2. The average Bonchev–Trinajstić information content (AvgIpc) is 3.03. The van der Waals surface area contributed by atoms with Crippen LogP contribution >= 0.6 is 11.6 Å². The van der Waals surface area contributed by atoms with Crippen LogP contribution in [0.1, 0.15) is 21.5 Å². The van der Waals surface area contributed by atoms with Gasteiger partial charge in [-0.1, -0.05) is 41.9 Å². The number of rotatable bonds is 4. The lowest BCUT2D eigenvalue weighted by molar-refractivity contribution is 0.0947. The van der Waals surface area contributed by atoms with Gasteiger partial charge >= 0.3 is 0 Å². The monoisotopic (exact) mass is 393 g/mol. The van der Waals surface area contributed by atoms with Crippen molar-refractivity contribution >= 4 is 28.4 Å². The van der Waals surface area contributed by atoms with E-state index in [4.69, 9.17) is 11.6 Å². The van der Waals surface area contributed by atoms with Crippen molar-refractivity contribution in [2.75, 3.05) is 0 Å². The molecule has 0 aliphatic carbocycles. The Morgan fingerprint density at radius 1 is 1.21 bits per heavy atom. The number of H-pyrrole nitrogens is 1. The molecule has 1 amide bonds. The third-order valence-electron chi connectivity index (χ3n) is 4.73. The van der Waals surface area contributed by atoms with E-state index < -0.39 is 11.7 Å². The normalized spacial score (nSPS) is 11.0. The molecule has 4 nitrogen and oxygen atoms in total. The molecule has 0 bridgehead atoms. The molecule has 4 aromatic rings. The molecule has 2 heterocycles. The largest absolute Gasteiger partial charge is 0.354 e. The standard InChI is InChI=1S/C22H17ClFN3O/c1-13-18-10-16(23)9-15(11-26-22(28)17-7-8-25-12-19(17)24)21(18)27-20(13)14-5-3-2-4-6-14/h2-10,12,27H,11H2,1H3,(H,26,28). The third kappa shape index (κ3) is 3.37. The van der Waals surface area contributed by atoms with Gasteiger partial charge in [0.15, 0.2) is 5.82 Å². The van der Waals surface area contributed by atoms with Crippen LogP contribution in [0.15, 0.2) is 60.9 Å². The number of aryl methyl sites for hydroxylation is 1. The van der Waals surface area contributed by atoms with Crippen molar-refractivity contribution in [1.29, 1.82) is 0 Å². The summed E-state index contributed by atoms with van der Waals surface area (Å²) in [4.78, 5) is 19.5. The van der Waals surface area contributed by atoms with Gasteiger partial charge in [-0.05, 0) is 41.8 Å². The summed E-state index contributed by atoms with van der Waals surface area (Å²) in [6.07, 6.45) is 2.41. The van der Waals surface area contributed by atoms with Gasteiger partial charge in [0.25, 0.3) is 5.91 Å². The van der Waals surface area contributed by atoms with Crippen LogP contribution in [-0.4, -0.2) is 15.9 Å². The number of nitrogens with one attached hydrogen (secondary N) is 2. The van der Waals surface area contributed by atoms with Crippen molar-refractivity contribution < 1.29 is 9.18 Å². The van der Waals surface area contributed by atoms with Crippen molar-refractivity contribution in [1.82, 2.24) is 15.3 Å². The first kappa shape index (κ1) is 18.2. The van der Waals surface area contributed by atoms with Gasteiger partial charge in [0.05, 0.1) is 17.3 Å². The number of fused-ring (bicyclic) bond motifs is 1. The van der Waals surface area contributed by atoms with Crippen molar-refractivity contribution in [2.24, 2.45) is 0 Å². The van der Waals surface area contributed by atoms with Gasteiger partial charge < -0.3 is 10.3 Å². The van der Waals surface area contributed by atoms with E-state index in [1.807, 2.05) is 43.3 Å². The second-order valence-electron chi connectivity index (χ2n) is 6.52. The number of aromatic nitrogens is 2. The van der Waals surface area contributed by atoms with E-state index in [0.717, 1.165) is 39.5 Å². The summed E-state index contributed by atoms with van der Waals surface area (Å²) >= 11 is 6.31. The van der Waals surface area contributed by atoms with Crippen molar-refractivity contribution in [3.05, 3.63) is 88.5 Å². The lowest BCUT2D eigenvalue weighted by atomic mass is 10.1. The molecule has 0 fully saturated rings. The molecular formula is C22H17ClFN3O. The third-order valence-corrected chi connectivity index (χ3v) is 4.95. The van der Waals surface area contributed by atoms with Crippen LogP contribution in [0.3, 0.4) is 0 Å². The van der Waals surface area contributed by atoms with E-state index in [9.17, 15) is 9.18 Å². The van der Waals surface area contributed by atoms with Crippen LogP contribution in [-0.2, 0) is 6.54 Å². The molecule has 28 heavy (non-hydrogen) atoms. The zero-order valence-electron chi connectivity index (χ0n) is 15.1. The molecule has 2 N–H and O–H groups in total. The van der Waals surface area contributed by atoms with E-state index in [1.54, 1.807) is 6.07 Å². The number of hydrogen-bond acceptors (Lipinski definition) is 2. The van der Waals surface area contributed by atoms with E-state index in [1.165, 1.54) is 12.3 Å². The molecule has 0 saturated carbocycles. The maximum Gasteiger partial charge on any atom is 0.254 e. The number of pyridine rings is 1. The summed E-state index contributed by atoms with van der Waals surface area (Å²) in [5, 5.41) is 4.33. The molecule has 0 unspecified atom stereocenters. The minimum Gasteiger partial charge on any atom is -0.354 e. The number of carbonyl (C=O) groups excluding carboxylic acids is 1. The van der Waals surface area contributed by atoms with Gasteiger partial charge in [-0.3, -0.25) is 9.78 Å². The van der Waals surface area contributed by atoms with Crippen molar-refractivity contribution in [3.8, 4) is 11.3 Å². The van der Waals surface area contributed by atoms with Gasteiger partial charge in [0.2, 0.25) is 0 Å². The molecule has 0 atom stereocenters. The van der Waals surface area contributed by atoms with Crippen LogP contribution in [0.25, 0.3) is 22.2 Å². The molecule has 0 radical (unpaired) electrons. The van der Waals surface area contributed by atoms with Gasteiger partial charge in [-0.2, -0.15) is 0 Å². The van der Waals surface area contributed by atoms with E-state index in [0.29, 0.717) is 5.02 Å². The Balaban J connectivity index is 1.69. The van der Waals surface area contributed by atoms with Gasteiger partial charge in [-0.25, -0.2) is 4.39 Å². The molecule has 0 aliphatic heterocycles. The minimum absolute atomic E-state index is 0.0408. The predicted octanol–water partition coefficient (Wildman–Crippen LogP) is 5.26. The highest BCUT2D eigenvalue weighted by atomic mass is 35.5. The van der Waals surface area contributed by atoms with E-state index in [2.05, 4.69) is 15.3 Å². The van der Waals surface area contributed by atoms with Gasteiger partial charge in [0, 0.05) is 28.8 Å². The van der Waals surface area contributed by atoms with Crippen LogP contribution < -0.4 is 5.32 Å². The quantitative estimate of drug-likeness (QED) is 0.496. The zero-order chi connectivity index (χ0) is 19.7. The Morgan fingerprint density at radius 2 is 2.00 bits per heavy atom. The number of aromatic amines is 1.